The number of fused-ring (bicyclic) bond motifs is 2. The van der Waals surface area contributed by atoms with Gasteiger partial charge in [-0.25, -0.2) is 0 Å². The van der Waals surface area contributed by atoms with Crippen molar-refractivity contribution in [2.75, 3.05) is 13.6 Å². The summed E-state index contributed by atoms with van der Waals surface area (Å²) < 4.78 is 0. The van der Waals surface area contributed by atoms with Gasteiger partial charge in [0.05, 0.1) is 5.03 Å². The monoisotopic (exact) mass is 348 g/mol. The van der Waals surface area contributed by atoms with Crippen LogP contribution < -0.4 is 0 Å². The molecule has 2 nitrogen and oxygen atoms in total. The third-order valence-electron chi connectivity index (χ3n) is 5.98. The van der Waals surface area contributed by atoms with Crippen LogP contribution in [0.3, 0.4) is 0 Å². The van der Waals surface area contributed by atoms with E-state index in [1.54, 1.807) is 5.56 Å². The van der Waals surface area contributed by atoms with Crippen molar-refractivity contribution in [1.82, 2.24) is 9.88 Å². The molecule has 0 bridgehead atoms. The number of H-pyrrole nitrogens is 1. The van der Waals surface area contributed by atoms with Crippen LogP contribution in [-0.2, 0) is 6.42 Å². The van der Waals surface area contributed by atoms with Gasteiger partial charge in [-0.2, -0.15) is 0 Å². The van der Waals surface area contributed by atoms with E-state index in [4.69, 9.17) is 0 Å². The van der Waals surface area contributed by atoms with Gasteiger partial charge in [0.1, 0.15) is 0 Å². The molecule has 0 saturated carbocycles. The van der Waals surface area contributed by atoms with Crippen LogP contribution in [0, 0.1) is 5.92 Å². The van der Waals surface area contributed by atoms with Gasteiger partial charge in [0.2, 0.25) is 0 Å². The third kappa shape index (κ3) is 2.52. The minimum absolute atomic E-state index is 0.639. The van der Waals surface area contributed by atoms with Crippen molar-refractivity contribution in [1.29, 1.82) is 0 Å². The number of benzene rings is 2. The van der Waals surface area contributed by atoms with Gasteiger partial charge in [0.15, 0.2) is 0 Å². The van der Waals surface area contributed by atoms with Gasteiger partial charge in [0.25, 0.3) is 0 Å². The molecule has 1 N–H and O–H groups in total. The molecule has 1 aliphatic carbocycles. The number of aromatic amines is 1. The average Bonchev–Trinajstić information content (AvgIpc) is 2.96. The highest BCUT2D eigenvalue weighted by Crippen LogP contribution is 2.47. The maximum absolute atomic E-state index is 3.72. The van der Waals surface area contributed by atoms with E-state index >= 15 is 0 Å². The second-order valence-corrected chi connectivity index (χ2v) is 8.86. The van der Waals surface area contributed by atoms with E-state index in [9.17, 15) is 0 Å². The topological polar surface area (TPSA) is 19.0 Å². The molecule has 3 atom stereocenters. The van der Waals surface area contributed by atoms with Crippen molar-refractivity contribution >= 4 is 22.7 Å². The molecule has 0 radical (unpaired) electrons. The molecule has 5 rings (SSSR count). The molecule has 128 valence electrons. The first-order valence-corrected chi connectivity index (χ1v) is 10.1. The van der Waals surface area contributed by atoms with Gasteiger partial charge in [0, 0.05) is 34.3 Å². The Balaban J connectivity index is 1.64. The zero-order chi connectivity index (χ0) is 17.0. The lowest BCUT2D eigenvalue weighted by molar-refractivity contribution is 0.119. The van der Waals surface area contributed by atoms with Gasteiger partial charge in [-0.15, -0.1) is 0 Å². The van der Waals surface area contributed by atoms with Crippen LogP contribution in [0.5, 0.6) is 0 Å². The lowest BCUT2D eigenvalue weighted by atomic mass is 9.73. The highest BCUT2D eigenvalue weighted by molar-refractivity contribution is 7.99. The molecule has 1 aliphatic heterocycles. The maximum atomic E-state index is 3.72. The van der Waals surface area contributed by atoms with E-state index in [-0.39, 0.29) is 0 Å². The first-order chi connectivity index (χ1) is 12.2. The van der Waals surface area contributed by atoms with Gasteiger partial charge in [-0.1, -0.05) is 49.0 Å². The first kappa shape index (κ1) is 15.5. The molecule has 3 heteroatoms. The van der Waals surface area contributed by atoms with E-state index in [1.807, 2.05) is 11.8 Å². The van der Waals surface area contributed by atoms with Crippen molar-refractivity contribution in [2.45, 2.75) is 41.6 Å². The SMILES string of the molecule is C[C@H]1C[C@@H]2c3cccc4[nH]c(Sc5ccccc5)c(c34)C[C@H]2N(C)C1. The minimum atomic E-state index is 0.639. The average molecular weight is 349 g/mol. The summed E-state index contributed by atoms with van der Waals surface area (Å²) in [5, 5.41) is 2.84. The standard InChI is InChI=1S/C22H24N2S/c1-14-11-17-16-9-6-10-19-21(16)18(12-20(17)24(2)13-14)22(23-19)25-15-7-4-3-5-8-15/h3-10,14,17,20,23H,11-13H2,1-2H3/t14-,17+,20+/m0/s1. The van der Waals surface area contributed by atoms with Crippen molar-refractivity contribution < 1.29 is 0 Å². The number of aromatic nitrogens is 1. The highest BCUT2D eigenvalue weighted by Gasteiger charge is 2.39. The smallest absolute Gasteiger partial charge is 0.0814 e. The Hall–Kier alpha value is -1.71. The Morgan fingerprint density at radius 1 is 1.08 bits per heavy atom. The Labute approximate surface area is 153 Å². The molecule has 25 heavy (non-hydrogen) atoms. The van der Waals surface area contributed by atoms with Crippen LogP contribution in [0.4, 0.5) is 0 Å². The minimum Gasteiger partial charge on any atom is -0.349 e. The molecular weight excluding hydrogens is 324 g/mol. The molecule has 2 aromatic carbocycles. The van der Waals surface area contributed by atoms with Crippen molar-refractivity contribution in [3.63, 3.8) is 0 Å². The summed E-state index contributed by atoms with van der Waals surface area (Å²) in [7, 11) is 2.31. The fourth-order valence-electron chi connectivity index (χ4n) is 4.96. The molecule has 3 aromatic rings. The van der Waals surface area contributed by atoms with Crippen LogP contribution in [0.15, 0.2) is 58.5 Å². The Kier molecular flexibility index (Phi) is 3.68. The Bertz CT molecular complexity index is 914. The van der Waals surface area contributed by atoms with Crippen molar-refractivity contribution in [3.05, 3.63) is 59.7 Å². The largest absolute Gasteiger partial charge is 0.349 e. The van der Waals surface area contributed by atoms with E-state index in [1.165, 1.54) is 45.8 Å². The molecule has 1 saturated heterocycles. The molecule has 1 aromatic heterocycles. The number of likely N-dealkylation sites (N-methyl/N-ethyl adjacent to an activating group) is 1. The Morgan fingerprint density at radius 2 is 1.92 bits per heavy atom. The number of likely N-dealkylation sites (tertiary alicyclic amines) is 1. The van der Waals surface area contributed by atoms with E-state index < -0.39 is 0 Å². The third-order valence-corrected chi connectivity index (χ3v) is 7.04. The summed E-state index contributed by atoms with van der Waals surface area (Å²) in [6, 6.07) is 18.2. The molecule has 2 aliphatic rings. The van der Waals surface area contributed by atoms with Gasteiger partial charge >= 0.3 is 0 Å². The molecule has 0 unspecified atom stereocenters. The van der Waals surface area contributed by atoms with E-state index in [0.717, 1.165) is 5.92 Å². The van der Waals surface area contributed by atoms with Crippen LogP contribution in [-0.4, -0.2) is 29.5 Å². The zero-order valence-corrected chi connectivity index (χ0v) is 15.6. The molecule has 1 fully saturated rings. The summed E-state index contributed by atoms with van der Waals surface area (Å²) in [4.78, 5) is 7.63. The predicted molar refractivity (Wildman–Crippen MR) is 106 cm³/mol. The summed E-state index contributed by atoms with van der Waals surface area (Å²) in [5.41, 5.74) is 4.41. The number of nitrogens with zero attached hydrogens (tertiary/aromatic N) is 1. The summed E-state index contributed by atoms with van der Waals surface area (Å²) >= 11 is 1.87. The molecule has 0 spiro atoms. The number of nitrogens with one attached hydrogen (secondary N) is 1. The second-order valence-electron chi connectivity index (χ2n) is 7.78. The number of hydrogen-bond acceptors (Lipinski definition) is 2. The van der Waals surface area contributed by atoms with Crippen LogP contribution in [0.2, 0.25) is 0 Å². The number of piperidine rings is 1. The molecular formula is C22H24N2S. The van der Waals surface area contributed by atoms with Gasteiger partial charge in [-0.3, -0.25) is 0 Å². The van der Waals surface area contributed by atoms with E-state index in [2.05, 4.69) is 72.4 Å². The summed E-state index contributed by atoms with van der Waals surface area (Å²) in [6.07, 6.45) is 2.49. The van der Waals surface area contributed by atoms with Crippen LogP contribution in [0.25, 0.3) is 10.9 Å². The fraction of sp³-hybridized carbons (Fsp3) is 0.364. The first-order valence-electron chi connectivity index (χ1n) is 9.27. The van der Waals surface area contributed by atoms with Crippen LogP contribution in [0.1, 0.15) is 30.4 Å². The quantitative estimate of drug-likeness (QED) is 0.678. The number of rotatable bonds is 2. The normalized spacial score (nSPS) is 25.9. The maximum Gasteiger partial charge on any atom is 0.0814 e. The molecule has 2 heterocycles. The predicted octanol–water partition coefficient (Wildman–Crippen LogP) is 5.30. The van der Waals surface area contributed by atoms with Gasteiger partial charge < -0.3 is 9.88 Å². The Morgan fingerprint density at radius 3 is 2.76 bits per heavy atom. The van der Waals surface area contributed by atoms with E-state index in [0.29, 0.717) is 12.0 Å². The second kappa shape index (κ2) is 5.93. The van der Waals surface area contributed by atoms with Gasteiger partial charge in [-0.05, 0) is 55.1 Å². The fourth-order valence-corrected chi connectivity index (χ4v) is 5.96. The molecule has 0 amide bonds. The number of hydrogen-bond donors (Lipinski definition) is 1. The summed E-state index contributed by atoms with van der Waals surface area (Å²) in [5.74, 6) is 1.45. The van der Waals surface area contributed by atoms with Crippen LogP contribution >= 0.6 is 11.8 Å². The summed E-state index contributed by atoms with van der Waals surface area (Å²) in [6.45, 7) is 3.62. The zero-order valence-electron chi connectivity index (χ0n) is 14.8. The lowest BCUT2D eigenvalue weighted by Gasteiger charge is -2.45. The highest BCUT2D eigenvalue weighted by atomic mass is 32.2. The van der Waals surface area contributed by atoms with Crippen molar-refractivity contribution in [3.8, 4) is 0 Å². The van der Waals surface area contributed by atoms with Crippen molar-refractivity contribution in [2.24, 2.45) is 5.92 Å². The lowest BCUT2D eigenvalue weighted by Crippen LogP contribution is -2.47.